The third-order valence-corrected chi connectivity index (χ3v) is 3.55. The molecule has 0 aromatic heterocycles. The van der Waals surface area contributed by atoms with E-state index in [1.54, 1.807) is 0 Å². The molecule has 2 aromatic carbocycles. The Balaban J connectivity index is 1.81. The molecule has 2 rings (SSSR count). The van der Waals surface area contributed by atoms with Crippen LogP contribution in [0.4, 0.5) is 8.78 Å². The molecule has 0 heterocycles. The van der Waals surface area contributed by atoms with Gasteiger partial charge in [-0.3, -0.25) is 4.79 Å². The van der Waals surface area contributed by atoms with Gasteiger partial charge in [-0.15, -0.1) is 0 Å². The SMILES string of the molecule is CCCCOc1ccc(CNC(=O)Cc2ccc(F)cc2F)cc1. The molecule has 0 unspecified atom stereocenters. The first kappa shape index (κ1) is 17.9. The fourth-order valence-electron chi connectivity index (χ4n) is 2.14. The average molecular weight is 333 g/mol. The van der Waals surface area contributed by atoms with Crippen molar-refractivity contribution in [1.82, 2.24) is 5.32 Å². The van der Waals surface area contributed by atoms with E-state index in [1.165, 1.54) is 6.07 Å². The molecule has 1 amide bonds. The predicted octanol–water partition coefficient (Wildman–Crippen LogP) is 4.00. The zero-order chi connectivity index (χ0) is 17.4. The first-order chi connectivity index (χ1) is 11.6. The van der Waals surface area contributed by atoms with Gasteiger partial charge in [0.1, 0.15) is 17.4 Å². The summed E-state index contributed by atoms with van der Waals surface area (Å²) in [5.41, 5.74) is 1.10. The summed E-state index contributed by atoms with van der Waals surface area (Å²) in [6.07, 6.45) is 1.97. The number of carbonyl (C=O) groups excluding carboxylic acids is 1. The Hall–Kier alpha value is -2.43. The molecule has 0 bridgehead atoms. The molecule has 0 saturated carbocycles. The van der Waals surface area contributed by atoms with E-state index < -0.39 is 11.6 Å². The number of benzene rings is 2. The molecule has 0 radical (unpaired) electrons. The van der Waals surface area contributed by atoms with Crippen LogP contribution >= 0.6 is 0 Å². The van der Waals surface area contributed by atoms with Crippen LogP contribution in [0, 0.1) is 11.6 Å². The zero-order valence-corrected chi connectivity index (χ0v) is 13.6. The second-order valence-corrected chi connectivity index (χ2v) is 5.54. The molecule has 0 saturated heterocycles. The number of halogens is 2. The van der Waals surface area contributed by atoms with E-state index in [1.807, 2.05) is 24.3 Å². The van der Waals surface area contributed by atoms with Crippen LogP contribution in [0.1, 0.15) is 30.9 Å². The third-order valence-electron chi connectivity index (χ3n) is 3.55. The van der Waals surface area contributed by atoms with E-state index in [9.17, 15) is 13.6 Å². The van der Waals surface area contributed by atoms with Gasteiger partial charge in [0.15, 0.2) is 0 Å². The number of hydrogen-bond donors (Lipinski definition) is 1. The van der Waals surface area contributed by atoms with Gasteiger partial charge in [0.2, 0.25) is 5.91 Å². The van der Waals surface area contributed by atoms with Gasteiger partial charge in [-0.05, 0) is 35.7 Å². The highest BCUT2D eigenvalue weighted by molar-refractivity contribution is 5.78. The number of nitrogens with one attached hydrogen (secondary N) is 1. The lowest BCUT2D eigenvalue weighted by Crippen LogP contribution is -2.24. The van der Waals surface area contributed by atoms with Gasteiger partial charge < -0.3 is 10.1 Å². The van der Waals surface area contributed by atoms with E-state index in [0.717, 1.165) is 36.3 Å². The van der Waals surface area contributed by atoms with Crippen molar-refractivity contribution >= 4 is 5.91 Å². The van der Waals surface area contributed by atoms with E-state index in [-0.39, 0.29) is 17.9 Å². The van der Waals surface area contributed by atoms with Crippen molar-refractivity contribution in [2.45, 2.75) is 32.7 Å². The normalized spacial score (nSPS) is 10.5. The molecule has 2 aromatic rings. The largest absolute Gasteiger partial charge is 0.494 e. The van der Waals surface area contributed by atoms with E-state index >= 15 is 0 Å². The van der Waals surface area contributed by atoms with Gasteiger partial charge in [-0.2, -0.15) is 0 Å². The molecule has 0 aliphatic rings. The van der Waals surface area contributed by atoms with E-state index in [2.05, 4.69) is 12.2 Å². The molecule has 0 atom stereocenters. The lowest BCUT2D eigenvalue weighted by molar-refractivity contribution is -0.120. The summed E-state index contributed by atoms with van der Waals surface area (Å²) in [6, 6.07) is 10.7. The van der Waals surface area contributed by atoms with E-state index in [0.29, 0.717) is 13.2 Å². The summed E-state index contributed by atoms with van der Waals surface area (Å²) in [6.45, 7) is 3.14. The topological polar surface area (TPSA) is 38.3 Å². The zero-order valence-electron chi connectivity index (χ0n) is 13.6. The van der Waals surface area contributed by atoms with Crippen LogP contribution in [-0.4, -0.2) is 12.5 Å². The number of unbranched alkanes of at least 4 members (excludes halogenated alkanes) is 1. The van der Waals surface area contributed by atoms with Crippen molar-refractivity contribution in [1.29, 1.82) is 0 Å². The summed E-state index contributed by atoms with van der Waals surface area (Å²) in [5, 5.41) is 2.72. The molecule has 0 spiro atoms. The van der Waals surface area contributed by atoms with Gasteiger partial charge >= 0.3 is 0 Å². The van der Waals surface area contributed by atoms with Crippen molar-refractivity contribution in [3.05, 3.63) is 65.2 Å². The first-order valence-electron chi connectivity index (χ1n) is 8.01. The fraction of sp³-hybridized carbons (Fsp3) is 0.316. The minimum absolute atomic E-state index is 0.121. The highest BCUT2D eigenvalue weighted by atomic mass is 19.1. The van der Waals surface area contributed by atoms with Crippen LogP contribution in [0.25, 0.3) is 0 Å². The Morgan fingerprint density at radius 3 is 2.54 bits per heavy atom. The Labute approximate surface area is 140 Å². The minimum atomic E-state index is -0.710. The molecule has 0 aliphatic heterocycles. The van der Waals surface area contributed by atoms with Crippen molar-refractivity contribution in [2.75, 3.05) is 6.61 Å². The third kappa shape index (κ3) is 5.65. The lowest BCUT2D eigenvalue weighted by atomic mass is 10.1. The van der Waals surface area contributed by atoms with Crippen molar-refractivity contribution in [2.24, 2.45) is 0 Å². The van der Waals surface area contributed by atoms with Gasteiger partial charge in [0.25, 0.3) is 0 Å². The molecule has 1 N–H and O–H groups in total. The van der Waals surface area contributed by atoms with Crippen LogP contribution in [0.3, 0.4) is 0 Å². The van der Waals surface area contributed by atoms with Crippen LogP contribution in [-0.2, 0) is 17.8 Å². The number of carbonyl (C=O) groups is 1. The van der Waals surface area contributed by atoms with Crippen molar-refractivity contribution < 1.29 is 18.3 Å². The quantitative estimate of drug-likeness (QED) is 0.742. The summed E-state index contributed by atoms with van der Waals surface area (Å²) in [4.78, 5) is 11.9. The maximum Gasteiger partial charge on any atom is 0.224 e. The van der Waals surface area contributed by atoms with Crippen LogP contribution < -0.4 is 10.1 Å². The molecule has 3 nitrogen and oxygen atoms in total. The highest BCUT2D eigenvalue weighted by Crippen LogP contribution is 2.13. The molecular formula is C19H21F2NO2. The minimum Gasteiger partial charge on any atom is -0.494 e. The summed E-state index contributed by atoms with van der Waals surface area (Å²) in [7, 11) is 0. The molecular weight excluding hydrogens is 312 g/mol. The maximum atomic E-state index is 13.5. The van der Waals surface area contributed by atoms with Crippen molar-refractivity contribution in [3.8, 4) is 5.75 Å². The second kappa shape index (κ2) is 9.01. The lowest BCUT2D eigenvalue weighted by Gasteiger charge is -2.08. The highest BCUT2D eigenvalue weighted by Gasteiger charge is 2.09. The van der Waals surface area contributed by atoms with E-state index in [4.69, 9.17) is 4.74 Å². The smallest absolute Gasteiger partial charge is 0.224 e. The fourth-order valence-corrected chi connectivity index (χ4v) is 2.14. The van der Waals surface area contributed by atoms with Gasteiger partial charge in [-0.25, -0.2) is 8.78 Å². The maximum absolute atomic E-state index is 13.5. The molecule has 128 valence electrons. The summed E-state index contributed by atoms with van der Waals surface area (Å²) in [5.74, 6) is -0.882. The Kier molecular flexibility index (Phi) is 6.73. The summed E-state index contributed by atoms with van der Waals surface area (Å²) >= 11 is 0. The predicted molar refractivity (Wildman–Crippen MR) is 88.8 cm³/mol. The van der Waals surface area contributed by atoms with Gasteiger partial charge in [0, 0.05) is 12.6 Å². The van der Waals surface area contributed by atoms with Gasteiger partial charge in [-0.1, -0.05) is 31.5 Å². The van der Waals surface area contributed by atoms with Crippen LogP contribution in [0.15, 0.2) is 42.5 Å². The molecule has 5 heteroatoms. The number of rotatable bonds is 8. The van der Waals surface area contributed by atoms with Crippen LogP contribution in [0.5, 0.6) is 5.75 Å². The monoisotopic (exact) mass is 333 g/mol. The summed E-state index contributed by atoms with van der Waals surface area (Å²) < 4.78 is 31.9. The number of amides is 1. The van der Waals surface area contributed by atoms with Crippen molar-refractivity contribution in [3.63, 3.8) is 0 Å². The molecule has 24 heavy (non-hydrogen) atoms. The Morgan fingerprint density at radius 2 is 1.88 bits per heavy atom. The standard InChI is InChI=1S/C19H21F2NO2/c1-2-3-10-24-17-8-4-14(5-9-17)13-22-19(23)11-15-6-7-16(20)12-18(15)21/h4-9,12H,2-3,10-11,13H2,1H3,(H,22,23). The average Bonchev–Trinajstić information content (AvgIpc) is 2.57. The molecule has 0 fully saturated rings. The Bertz CT molecular complexity index is 672. The molecule has 0 aliphatic carbocycles. The first-order valence-corrected chi connectivity index (χ1v) is 8.01. The number of ether oxygens (including phenoxy) is 1. The van der Waals surface area contributed by atoms with Crippen LogP contribution in [0.2, 0.25) is 0 Å². The Morgan fingerprint density at radius 1 is 1.12 bits per heavy atom. The second-order valence-electron chi connectivity index (χ2n) is 5.54. The number of hydrogen-bond acceptors (Lipinski definition) is 2. The van der Waals surface area contributed by atoms with Gasteiger partial charge in [0.05, 0.1) is 13.0 Å².